The highest BCUT2D eigenvalue weighted by molar-refractivity contribution is 7.85. The van der Waals surface area contributed by atoms with E-state index in [9.17, 15) is 8.42 Å². The molecule has 0 aliphatic carbocycles. The van der Waals surface area contributed by atoms with E-state index in [0.717, 1.165) is 11.8 Å². The fourth-order valence-corrected chi connectivity index (χ4v) is 1.34. The first-order valence-electron chi connectivity index (χ1n) is 3.96. The molecule has 5 heteroatoms. The second-order valence-electron chi connectivity index (χ2n) is 2.76. The van der Waals surface area contributed by atoms with Gasteiger partial charge in [-0.15, -0.1) is 0 Å². The van der Waals surface area contributed by atoms with E-state index >= 15 is 0 Å². The summed E-state index contributed by atoms with van der Waals surface area (Å²) >= 11 is 0. The third-order valence-electron chi connectivity index (χ3n) is 1.53. The summed E-state index contributed by atoms with van der Waals surface area (Å²) in [5.41, 5.74) is 1.08. The van der Waals surface area contributed by atoms with Crippen LogP contribution in [0, 0.1) is 0 Å². The molecule has 0 atom stereocenters. The molecular formula is C9H15NO3S. The third kappa shape index (κ3) is 5.69. The van der Waals surface area contributed by atoms with Crippen molar-refractivity contribution in [2.24, 2.45) is 0 Å². The summed E-state index contributed by atoms with van der Waals surface area (Å²) in [6.45, 7) is 0.211. The van der Waals surface area contributed by atoms with Gasteiger partial charge in [0.25, 0.3) is 10.1 Å². The molecule has 0 fully saturated rings. The standard InChI is InChI=1S/C9H12O3S.H3N/c1-13(10,11)12-8-7-9-5-3-2-4-6-9;/h2-6H,7-8H2,1H3;1H3. The van der Waals surface area contributed by atoms with Crippen molar-refractivity contribution in [3.8, 4) is 0 Å². The van der Waals surface area contributed by atoms with Crippen molar-refractivity contribution >= 4 is 10.1 Å². The molecule has 0 saturated carbocycles. The summed E-state index contributed by atoms with van der Waals surface area (Å²) in [6, 6.07) is 9.61. The molecule has 0 aromatic heterocycles. The molecule has 0 radical (unpaired) electrons. The van der Waals surface area contributed by atoms with E-state index < -0.39 is 10.1 Å². The molecule has 14 heavy (non-hydrogen) atoms. The summed E-state index contributed by atoms with van der Waals surface area (Å²) in [4.78, 5) is 0. The van der Waals surface area contributed by atoms with E-state index in [1.807, 2.05) is 30.3 Å². The maximum absolute atomic E-state index is 10.6. The van der Waals surface area contributed by atoms with E-state index in [2.05, 4.69) is 4.18 Å². The summed E-state index contributed by atoms with van der Waals surface area (Å²) in [5, 5.41) is 0. The molecule has 80 valence electrons. The van der Waals surface area contributed by atoms with Crippen LogP contribution in [0.2, 0.25) is 0 Å². The summed E-state index contributed by atoms with van der Waals surface area (Å²) in [7, 11) is -3.29. The minimum Gasteiger partial charge on any atom is -0.344 e. The topological polar surface area (TPSA) is 78.4 Å². The predicted octanol–water partition coefficient (Wildman–Crippen LogP) is 1.37. The van der Waals surface area contributed by atoms with Crippen molar-refractivity contribution in [2.45, 2.75) is 6.42 Å². The zero-order chi connectivity index (χ0) is 9.73. The molecule has 0 unspecified atom stereocenters. The lowest BCUT2D eigenvalue weighted by Gasteiger charge is -2.00. The van der Waals surface area contributed by atoms with Gasteiger partial charge in [-0.25, -0.2) is 0 Å². The lowest BCUT2D eigenvalue weighted by Crippen LogP contribution is -2.05. The Morgan fingerprint density at radius 1 is 1.21 bits per heavy atom. The van der Waals surface area contributed by atoms with Gasteiger partial charge in [0.2, 0.25) is 0 Å². The van der Waals surface area contributed by atoms with Gasteiger partial charge >= 0.3 is 0 Å². The molecule has 4 nitrogen and oxygen atoms in total. The fourth-order valence-electron chi connectivity index (χ4n) is 0.956. The van der Waals surface area contributed by atoms with Gasteiger partial charge in [0.15, 0.2) is 0 Å². The van der Waals surface area contributed by atoms with Crippen LogP contribution in [0.4, 0.5) is 0 Å². The van der Waals surface area contributed by atoms with Gasteiger partial charge in [0, 0.05) is 0 Å². The van der Waals surface area contributed by atoms with E-state index in [1.54, 1.807) is 0 Å². The Morgan fingerprint density at radius 2 is 1.79 bits per heavy atom. The van der Waals surface area contributed by atoms with Crippen molar-refractivity contribution in [3.63, 3.8) is 0 Å². The van der Waals surface area contributed by atoms with Gasteiger partial charge in [-0.1, -0.05) is 30.3 Å². The number of benzene rings is 1. The van der Waals surface area contributed by atoms with Crippen molar-refractivity contribution in [2.75, 3.05) is 12.9 Å². The molecule has 0 aliphatic heterocycles. The average molecular weight is 217 g/mol. The molecule has 3 N–H and O–H groups in total. The monoisotopic (exact) mass is 217 g/mol. The Balaban J connectivity index is 0.00000169. The summed E-state index contributed by atoms with van der Waals surface area (Å²) in [6.07, 6.45) is 1.67. The number of hydrogen-bond donors (Lipinski definition) is 1. The first-order chi connectivity index (χ1) is 6.08. The Labute approximate surface area is 84.6 Å². The Bertz CT molecular complexity index is 348. The summed E-state index contributed by atoms with van der Waals surface area (Å²) < 4.78 is 25.8. The predicted molar refractivity (Wildman–Crippen MR) is 56.0 cm³/mol. The van der Waals surface area contributed by atoms with Gasteiger partial charge in [-0.3, -0.25) is 4.18 Å². The van der Waals surface area contributed by atoms with Crippen LogP contribution in [0.1, 0.15) is 5.56 Å². The molecule has 0 spiro atoms. The lowest BCUT2D eigenvalue weighted by atomic mass is 10.2. The quantitative estimate of drug-likeness (QED) is 0.772. The maximum atomic E-state index is 10.6. The van der Waals surface area contributed by atoms with Gasteiger partial charge in [0.1, 0.15) is 0 Å². The Kier molecular flexibility index (Phi) is 5.37. The van der Waals surface area contributed by atoms with Crippen molar-refractivity contribution < 1.29 is 12.6 Å². The molecule has 1 aromatic carbocycles. The van der Waals surface area contributed by atoms with Crippen molar-refractivity contribution in [3.05, 3.63) is 35.9 Å². The van der Waals surface area contributed by atoms with Crippen LogP contribution < -0.4 is 6.15 Å². The highest BCUT2D eigenvalue weighted by Crippen LogP contribution is 2.00. The molecule has 0 saturated heterocycles. The van der Waals surface area contributed by atoms with E-state index in [0.29, 0.717) is 6.42 Å². The van der Waals surface area contributed by atoms with Gasteiger partial charge in [-0.2, -0.15) is 8.42 Å². The molecular weight excluding hydrogens is 202 g/mol. The zero-order valence-electron chi connectivity index (χ0n) is 8.14. The maximum Gasteiger partial charge on any atom is 0.264 e. The van der Waals surface area contributed by atoms with Crippen LogP contribution in [0.3, 0.4) is 0 Å². The van der Waals surface area contributed by atoms with Crippen LogP contribution in [-0.4, -0.2) is 21.3 Å². The van der Waals surface area contributed by atoms with Crippen molar-refractivity contribution in [1.82, 2.24) is 6.15 Å². The van der Waals surface area contributed by atoms with Gasteiger partial charge in [0.05, 0.1) is 12.9 Å². The summed E-state index contributed by atoms with van der Waals surface area (Å²) in [5.74, 6) is 0. The normalized spacial score (nSPS) is 10.6. The molecule has 1 rings (SSSR count). The molecule has 0 bridgehead atoms. The SMILES string of the molecule is CS(=O)(=O)OCCc1ccccc1.N. The van der Waals surface area contributed by atoms with Crippen LogP contribution in [0.25, 0.3) is 0 Å². The van der Waals surface area contributed by atoms with Gasteiger partial charge in [-0.05, 0) is 12.0 Å². The highest BCUT2D eigenvalue weighted by Gasteiger charge is 2.00. The van der Waals surface area contributed by atoms with E-state index in [-0.39, 0.29) is 12.8 Å². The van der Waals surface area contributed by atoms with Crippen LogP contribution in [0.15, 0.2) is 30.3 Å². The lowest BCUT2D eigenvalue weighted by molar-refractivity contribution is 0.326. The zero-order valence-corrected chi connectivity index (χ0v) is 8.96. The largest absolute Gasteiger partial charge is 0.344 e. The fraction of sp³-hybridized carbons (Fsp3) is 0.333. The molecule has 0 amide bonds. The van der Waals surface area contributed by atoms with Crippen LogP contribution >= 0.6 is 0 Å². The van der Waals surface area contributed by atoms with Crippen LogP contribution in [-0.2, 0) is 20.7 Å². The molecule has 1 aromatic rings. The number of rotatable bonds is 4. The Hall–Kier alpha value is -0.910. The Morgan fingerprint density at radius 3 is 2.29 bits per heavy atom. The average Bonchev–Trinajstić information content (AvgIpc) is 2.04. The molecule has 0 aliphatic rings. The van der Waals surface area contributed by atoms with E-state index in [1.165, 1.54) is 0 Å². The first-order valence-corrected chi connectivity index (χ1v) is 5.78. The smallest absolute Gasteiger partial charge is 0.264 e. The minimum atomic E-state index is -3.29. The first kappa shape index (κ1) is 13.1. The number of hydrogen-bond acceptors (Lipinski definition) is 4. The minimum absolute atomic E-state index is 0. The van der Waals surface area contributed by atoms with Gasteiger partial charge < -0.3 is 6.15 Å². The highest BCUT2D eigenvalue weighted by atomic mass is 32.2. The van der Waals surface area contributed by atoms with Crippen molar-refractivity contribution in [1.29, 1.82) is 0 Å². The van der Waals surface area contributed by atoms with E-state index in [4.69, 9.17) is 0 Å². The third-order valence-corrected chi connectivity index (χ3v) is 2.13. The second kappa shape index (κ2) is 5.74. The van der Waals surface area contributed by atoms with Crippen LogP contribution in [0.5, 0.6) is 0 Å². The molecule has 0 heterocycles. The second-order valence-corrected chi connectivity index (χ2v) is 4.41.